The molecule has 0 unspecified atom stereocenters. The highest BCUT2D eigenvalue weighted by Crippen LogP contribution is 2.37. The molecule has 0 spiro atoms. The van der Waals surface area contributed by atoms with Crippen LogP contribution >= 0.6 is 0 Å². The molecule has 180 valence electrons. The van der Waals surface area contributed by atoms with Crippen LogP contribution in [0, 0.1) is 0 Å². The van der Waals surface area contributed by atoms with Crippen molar-refractivity contribution in [2.45, 2.75) is 76.8 Å². The van der Waals surface area contributed by atoms with Gasteiger partial charge >= 0.3 is 0 Å². The number of ether oxygens (including phenoxy) is 1. The normalized spacial score (nSPS) is 21.6. The second kappa shape index (κ2) is 10.7. The van der Waals surface area contributed by atoms with Gasteiger partial charge in [-0.15, -0.1) is 0 Å². The van der Waals surface area contributed by atoms with Gasteiger partial charge in [-0.2, -0.15) is 0 Å². The van der Waals surface area contributed by atoms with Crippen LogP contribution in [0.5, 0.6) is 5.75 Å². The number of likely N-dealkylation sites (N-methyl/N-ethyl adjacent to an activating group) is 1. The molecule has 0 bridgehead atoms. The third kappa shape index (κ3) is 5.11. The summed E-state index contributed by atoms with van der Waals surface area (Å²) in [6.45, 7) is 4.76. The van der Waals surface area contributed by atoms with Crippen molar-refractivity contribution in [1.82, 2.24) is 14.7 Å². The van der Waals surface area contributed by atoms with Gasteiger partial charge in [0, 0.05) is 19.1 Å². The number of hydrogen-bond acceptors (Lipinski definition) is 5. The quantitative estimate of drug-likeness (QED) is 0.455. The topological polar surface area (TPSA) is 53.1 Å². The van der Waals surface area contributed by atoms with Gasteiger partial charge < -0.3 is 14.5 Å². The molecular formula is C27H39N3O3. The van der Waals surface area contributed by atoms with Crippen LogP contribution in [0.3, 0.4) is 0 Å². The molecule has 2 aliphatic heterocycles. The third-order valence-corrected chi connectivity index (χ3v) is 7.49. The fraction of sp³-hybridized carbons (Fsp3) is 0.630. The molecule has 3 aliphatic rings. The molecule has 1 saturated carbocycles. The van der Waals surface area contributed by atoms with E-state index in [0.29, 0.717) is 17.9 Å². The van der Waals surface area contributed by atoms with Crippen molar-refractivity contribution in [3.63, 3.8) is 0 Å². The first-order chi connectivity index (χ1) is 16.0. The number of carbonyl (C=O) groups is 2. The fourth-order valence-electron chi connectivity index (χ4n) is 5.47. The molecule has 6 nitrogen and oxygen atoms in total. The maximum absolute atomic E-state index is 13.8. The predicted molar refractivity (Wildman–Crippen MR) is 131 cm³/mol. The van der Waals surface area contributed by atoms with Crippen molar-refractivity contribution in [3.8, 4) is 5.75 Å². The fourth-order valence-corrected chi connectivity index (χ4v) is 5.47. The van der Waals surface area contributed by atoms with Gasteiger partial charge in [-0.05, 0) is 69.9 Å². The highest BCUT2D eigenvalue weighted by molar-refractivity contribution is 6.35. The van der Waals surface area contributed by atoms with E-state index in [2.05, 4.69) is 23.8 Å². The van der Waals surface area contributed by atoms with Crippen LogP contribution < -0.4 is 4.74 Å². The minimum atomic E-state index is -0.121. The number of imide groups is 1. The largest absolute Gasteiger partial charge is 0.494 e. The minimum Gasteiger partial charge on any atom is -0.494 e. The Morgan fingerprint density at radius 1 is 0.939 bits per heavy atom. The molecule has 2 heterocycles. The van der Waals surface area contributed by atoms with Crippen LogP contribution in [0.15, 0.2) is 30.0 Å². The summed E-state index contributed by atoms with van der Waals surface area (Å²) < 4.78 is 5.74. The molecule has 0 N–H and O–H groups in total. The summed E-state index contributed by atoms with van der Waals surface area (Å²) in [7, 11) is 4.15. The third-order valence-electron chi connectivity index (χ3n) is 7.49. The Bertz CT molecular complexity index is 863. The van der Waals surface area contributed by atoms with Crippen LogP contribution in [0.1, 0.15) is 70.3 Å². The van der Waals surface area contributed by atoms with Crippen LogP contribution in [0.25, 0.3) is 5.57 Å². The SMILES string of the molecule is CCCOc1ccc(C2=C(N(C)C3CCN(C)CC3)C(=O)N(C3CCCCCC3)C2=O)cc1. The Morgan fingerprint density at radius 3 is 2.18 bits per heavy atom. The molecule has 0 radical (unpaired) electrons. The van der Waals surface area contributed by atoms with E-state index < -0.39 is 0 Å². The van der Waals surface area contributed by atoms with E-state index in [4.69, 9.17) is 4.74 Å². The lowest BCUT2D eigenvalue weighted by Gasteiger charge is -2.37. The lowest BCUT2D eigenvalue weighted by Crippen LogP contribution is -2.45. The average molecular weight is 454 g/mol. The minimum absolute atomic E-state index is 0.0121. The second-order valence-corrected chi connectivity index (χ2v) is 9.87. The van der Waals surface area contributed by atoms with Gasteiger partial charge in [-0.25, -0.2) is 0 Å². The first kappa shape index (κ1) is 23.8. The summed E-state index contributed by atoms with van der Waals surface area (Å²) in [5.41, 5.74) is 1.96. The number of rotatable bonds is 7. The highest BCUT2D eigenvalue weighted by atomic mass is 16.5. The predicted octanol–water partition coefficient (Wildman–Crippen LogP) is 4.30. The molecule has 1 saturated heterocycles. The van der Waals surface area contributed by atoms with Crippen molar-refractivity contribution in [2.75, 3.05) is 33.8 Å². The van der Waals surface area contributed by atoms with Gasteiger partial charge in [-0.1, -0.05) is 44.7 Å². The lowest BCUT2D eigenvalue weighted by molar-refractivity contribution is -0.140. The van der Waals surface area contributed by atoms with Gasteiger partial charge in [0.15, 0.2) is 0 Å². The number of amides is 2. The highest BCUT2D eigenvalue weighted by Gasteiger charge is 2.45. The van der Waals surface area contributed by atoms with Gasteiger partial charge in [0.2, 0.25) is 0 Å². The molecular weight excluding hydrogens is 414 g/mol. The summed E-state index contributed by atoms with van der Waals surface area (Å²) in [6.07, 6.45) is 9.32. The Kier molecular flexibility index (Phi) is 7.74. The first-order valence-electron chi connectivity index (χ1n) is 12.8. The molecule has 4 rings (SSSR count). The molecule has 1 aromatic carbocycles. The van der Waals surface area contributed by atoms with E-state index in [1.165, 1.54) is 12.8 Å². The number of carbonyl (C=O) groups excluding carboxylic acids is 2. The second-order valence-electron chi connectivity index (χ2n) is 9.87. The van der Waals surface area contributed by atoms with Gasteiger partial charge in [-0.3, -0.25) is 14.5 Å². The van der Waals surface area contributed by atoms with Gasteiger partial charge in [0.05, 0.1) is 12.2 Å². The number of likely N-dealkylation sites (tertiary alicyclic amines) is 1. The van der Waals surface area contributed by atoms with Crippen LogP contribution in [0.4, 0.5) is 0 Å². The number of piperidine rings is 1. The summed E-state index contributed by atoms with van der Waals surface area (Å²) in [6, 6.07) is 7.98. The zero-order valence-corrected chi connectivity index (χ0v) is 20.5. The summed E-state index contributed by atoms with van der Waals surface area (Å²) in [4.78, 5) is 33.7. The lowest BCUT2D eigenvalue weighted by atomic mass is 10.00. The number of nitrogens with zero attached hydrogens (tertiary/aromatic N) is 3. The van der Waals surface area contributed by atoms with E-state index >= 15 is 0 Å². The van der Waals surface area contributed by atoms with Crippen LogP contribution in [-0.2, 0) is 9.59 Å². The van der Waals surface area contributed by atoms with Crippen molar-refractivity contribution >= 4 is 17.4 Å². The molecule has 0 aromatic heterocycles. The first-order valence-corrected chi connectivity index (χ1v) is 12.8. The average Bonchev–Trinajstić information content (AvgIpc) is 2.98. The zero-order chi connectivity index (χ0) is 23.4. The maximum Gasteiger partial charge on any atom is 0.278 e. The Hall–Kier alpha value is -2.34. The summed E-state index contributed by atoms with van der Waals surface area (Å²) >= 11 is 0. The van der Waals surface area contributed by atoms with Crippen molar-refractivity contribution < 1.29 is 14.3 Å². The molecule has 2 fully saturated rings. The van der Waals surface area contributed by atoms with Crippen molar-refractivity contribution in [2.24, 2.45) is 0 Å². The molecule has 2 amide bonds. The Morgan fingerprint density at radius 2 is 1.58 bits per heavy atom. The number of benzene rings is 1. The van der Waals surface area contributed by atoms with E-state index in [1.54, 1.807) is 4.90 Å². The molecule has 33 heavy (non-hydrogen) atoms. The van der Waals surface area contributed by atoms with E-state index in [9.17, 15) is 9.59 Å². The smallest absolute Gasteiger partial charge is 0.278 e. The molecule has 6 heteroatoms. The Balaban J connectivity index is 1.67. The standard InChI is InChI=1S/C27H39N3O3/c1-4-19-33-23-13-11-20(12-14-23)24-25(29(3)21-15-17-28(2)18-16-21)27(32)30(26(24)31)22-9-7-5-6-8-10-22/h11-14,21-22H,4-10,15-19H2,1-3H3. The van der Waals surface area contributed by atoms with Crippen LogP contribution in [0.2, 0.25) is 0 Å². The van der Waals surface area contributed by atoms with E-state index in [1.807, 2.05) is 31.3 Å². The Labute approximate surface area is 198 Å². The molecule has 1 aliphatic carbocycles. The van der Waals surface area contributed by atoms with Crippen molar-refractivity contribution in [3.05, 3.63) is 35.5 Å². The van der Waals surface area contributed by atoms with Crippen LogP contribution in [-0.4, -0.2) is 72.4 Å². The summed E-state index contributed by atoms with van der Waals surface area (Å²) in [5, 5.41) is 0. The monoisotopic (exact) mass is 453 g/mol. The van der Waals surface area contributed by atoms with Gasteiger partial charge in [0.1, 0.15) is 11.4 Å². The summed E-state index contributed by atoms with van der Waals surface area (Å²) in [5.74, 6) is 0.572. The zero-order valence-electron chi connectivity index (χ0n) is 20.5. The maximum atomic E-state index is 13.8. The van der Waals surface area contributed by atoms with E-state index in [0.717, 1.165) is 69.3 Å². The van der Waals surface area contributed by atoms with Gasteiger partial charge in [0.25, 0.3) is 11.8 Å². The molecule has 0 atom stereocenters. The molecule has 1 aromatic rings. The van der Waals surface area contributed by atoms with Crippen molar-refractivity contribution in [1.29, 1.82) is 0 Å². The van der Waals surface area contributed by atoms with E-state index in [-0.39, 0.29) is 23.9 Å². The number of hydrogen-bond donors (Lipinski definition) is 0.